The van der Waals surface area contributed by atoms with Gasteiger partial charge in [0.2, 0.25) is 15.9 Å². The molecule has 0 aliphatic rings. The van der Waals surface area contributed by atoms with Crippen LogP contribution in [0.5, 0.6) is 0 Å². The maximum Gasteiger partial charge on any atom is 0.240 e. The summed E-state index contributed by atoms with van der Waals surface area (Å²) < 4.78 is 26.8. The van der Waals surface area contributed by atoms with E-state index in [9.17, 15) is 13.2 Å². The molecule has 2 aromatic carbocycles. The Hall–Kier alpha value is -1.60. The predicted octanol–water partition coefficient (Wildman–Crippen LogP) is 3.37. The topological polar surface area (TPSA) is 75.3 Å². The second-order valence-electron chi connectivity index (χ2n) is 6.24. The normalized spacial score (nSPS) is 12.0. The smallest absolute Gasteiger partial charge is 0.240 e. The maximum atomic E-state index is 12.5. The molecule has 0 fully saturated rings. The zero-order valence-electron chi connectivity index (χ0n) is 14.4. The minimum absolute atomic E-state index is 0.0668. The third-order valence-corrected chi connectivity index (χ3v) is 5.89. The van der Waals surface area contributed by atoms with Crippen LogP contribution < -0.4 is 10.0 Å². The quantitative estimate of drug-likeness (QED) is 0.681. The first-order valence-electron chi connectivity index (χ1n) is 7.92. The zero-order chi connectivity index (χ0) is 19.4. The third kappa shape index (κ3) is 5.20. The van der Waals surface area contributed by atoms with Crippen molar-refractivity contribution in [3.8, 4) is 0 Å². The lowest BCUT2D eigenvalue weighted by Crippen LogP contribution is -2.43. The Bertz CT molecular complexity index is 882. The van der Waals surface area contributed by atoms with Crippen LogP contribution in [0.25, 0.3) is 0 Å². The molecular weight excluding hydrogens is 395 g/mol. The monoisotopic (exact) mass is 414 g/mol. The van der Waals surface area contributed by atoms with E-state index in [2.05, 4.69) is 10.0 Å². The van der Waals surface area contributed by atoms with E-state index in [1.165, 1.54) is 12.1 Å². The van der Waals surface area contributed by atoms with Crippen LogP contribution in [0.15, 0.2) is 53.4 Å². The van der Waals surface area contributed by atoms with E-state index in [1.54, 1.807) is 50.2 Å². The summed E-state index contributed by atoms with van der Waals surface area (Å²) in [5.41, 5.74) is 0.0510. The van der Waals surface area contributed by atoms with Crippen LogP contribution in [0.4, 0.5) is 0 Å². The number of hydrogen-bond acceptors (Lipinski definition) is 3. The number of carbonyl (C=O) groups is 1. The van der Waals surface area contributed by atoms with E-state index in [4.69, 9.17) is 23.2 Å². The number of benzene rings is 2. The summed E-state index contributed by atoms with van der Waals surface area (Å²) in [6, 6.07) is 13.0. The van der Waals surface area contributed by atoms with Gasteiger partial charge in [-0.25, -0.2) is 13.1 Å². The lowest BCUT2D eigenvalue weighted by atomic mass is 9.84. The van der Waals surface area contributed by atoms with Crippen LogP contribution >= 0.6 is 23.2 Å². The molecule has 26 heavy (non-hydrogen) atoms. The van der Waals surface area contributed by atoms with Crippen molar-refractivity contribution in [1.29, 1.82) is 0 Å². The van der Waals surface area contributed by atoms with Gasteiger partial charge < -0.3 is 5.32 Å². The first kappa shape index (κ1) is 20.7. The van der Waals surface area contributed by atoms with Crippen LogP contribution in [0.3, 0.4) is 0 Å². The van der Waals surface area contributed by atoms with Crippen LogP contribution in [0, 0.1) is 0 Å². The summed E-state index contributed by atoms with van der Waals surface area (Å²) in [7, 11) is -3.67. The SMILES string of the molecule is CC(C)(C(=O)NCCNS(=O)(=O)c1cccc(Cl)c1)c1ccc(Cl)cc1. The van der Waals surface area contributed by atoms with Gasteiger partial charge in [-0.05, 0) is 49.7 Å². The molecule has 0 unspecified atom stereocenters. The lowest BCUT2D eigenvalue weighted by Gasteiger charge is -2.24. The van der Waals surface area contributed by atoms with Gasteiger partial charge >= 0.3 is 0 Å². The van der Waals surface area contributed by atoms with Gasteiger partial charge in [0.15, 0.2) is 0 Å². The molecule has 140 valence electrons. The predicted molar refractivity (Wildman–Crippen MR) is 104 cm³/mol. The summed E-state index contributed by atoms with van der Waals surface area (Å²) in [6.07, 6.45) is 0. The molecule has 0 saturated carbocycles. The van der Waals surface area contributed by atoms with Crippen LogP contribution in [-0.2, 0) is 20.2 Å². The van der Waals surface area contributed by atoms with Crippen molar-refractivity contribution in [2.24, 2.45) is 0 Å². The van der Waals surface area contributed by atoms with Crippen LogP contribution in [-0.4, -0.2) is 27.4 Å². The Kier molecular flexibility index (Phi) is 6.69. The second kappa shape index (κ2) is 8.39. The molecule has 2 aromatic rings. The summed E-state index contributed by atoms with van der Waals surface area (Å²) in [5.74, 6) is -0.207. The molecule has 0 aliphatic heterocycles. The van der Waals surface area contributed by atoms with Gasteiger partial charge in [-0.1, -0.05) is 41.4 Å². The highest BCUT2D eigenvalue weighted by Gasteiger charge is 2.29. The first-order valence-corrected chi connectivity index (χ1v) is 10.2. The van der Waals surface area contributed by atoms with E-state index < -0.39 is 15.4 Å². The molecule has 0 heterocycles. The third-order valence-electron chi connectivity index (χ3n) is 3.94. The Balaban J connectivity index is 1.91. The molecule has 5 nitrogen and oxygen atoms in total. The summed E-state index contributed by atoms with van der Waals surface area (Å²) in [6.45, 7) is 3.82. The molecule has 0 spiro atoms. The van der Waals surface area contributed by atoms with E-state index in [-0.39, 0.29) is 23.9 Å². The number of halogens is 2. The Morgan fingerprint density at radius 1 is 1.00 bits per heavy atom. The molecule has 0 radical (unpaired) electrons. The van der Waals surface area contributed by atoms with E-state index in [0.717, 1.165) is 5.56 Å². The second-order valence-corrected chi connectivity index (χ2v) is 8.88. The number of nitrogens with one attached hydrogen (secondary N) is 2. The maximum absolute atomic E-state index is 12.5. The molecule has 1 amide bonds. The molecule has 0 aromatic heterocycles. The number of hydrogen-bond donors (Lipinski definition) is 2. The molecule has 0 atom stereocenters. The highest BCUT2D eigenvalue weighted by Crippen LogP contribution is 2.24. The standard InChI is InChI=1S/C18H20Cl2N2O3S/c1-18(2,13-6-8-14(19)9-7-13)17(23)21-10-11-22-26(24,25)16-5-3-4-15(20)12-16/h3-9,12,22H,10-11H2,1-2H3,(H,21,23). The van der Waals surface area contributed by atoms with E-state index >= 15 is 0 Å². The molecule has 0 bridgehead atoms. The minimum atomic E-state index is -3.67. The minimum Gasteiger partial charge on any atom is -0.354 e. The average Bonchev–Trinajstić information content (AvgIpc) is 2.59. The fraction of sp³-hybridized carbons (Fsp3) is 0.278. The molecule has 2 rings (SSSR count). The largest absolute Gasteiger partial charge is 0.354 e. The highest BCUT2D eigenvalue weighted by atomic mass is 35.5. The summed E-state index contributed by atoms with van der Waals surface area (Å²) >= 11 is 11.7. The first-order chi connectivity index (χ1) is 12.1. The van der Waals surface area contributed by atoms with Gasteiger partial charge in [0, 0.05) is 23.1 Å². The Labute approximate surface area is 163 Å². The molecule has 8 heteroatoms. The highest BCUT2D eigenvalue weighted by molar-refractivity contribution is 7.89. The summed E-state index contributed by atoms with van der Waals surface area (Å²) in [4.78, 5) is 12.5. The summed E-state index contributed by atoms with van der Waals surface area (Å²) in [5, 5.41) is 3.68. The van der Waals surface area contributed by atoms with Gasteiger partial charge in [0.1, 0.15) is 0 Å². The molecule has 0 saturated heterocycles. The van der Waals surface area contributed by atoms with Crippen molar-refractivity contribution in [3.63, 3.8) is 0 Å². The van der Waals surface area contributed by atoms with Crippen molar-refractivity contribution < 1.29 is 13.2 Å². The average molecular weight is 415 g/mol. The van der Waals surface area contributed by atoms with Gasteiger partial charge in [-0.2, -0.15) is 0 Å². The van der Waals surface area contributed by atoms with Crippen LogP contribution in [0.2, 0.25) is 10.0 Å². The van der Waals surface area contributed by atoms with Crippen molar-refractivity contribution in [3.05, 3.63) is 64.1 Å². The molecular formula is C18H20Cl2N2O3S. The van der Waals surface area contributed by atoms with Gasteiger partial charge in [-0.15, -0.1) is 0 Å². The zero-order valence-corrected chi connectivity index (χ0v) is 16.8. The molecule has 2 N–H and O–H groups in total. The number of rotatable bonds is 7. The Morgan fingerprint density at radius 2 is 1.65 bits per heavy atom. The van der Waals surface area contributed by atoms with Crippen molar-refractivity contribution in [2.75, 3.05) is 13.1 Å². The molecule has 0 aliphatic carbocycles. The van der Waals surface area contributed by atoms with Gasteiger partial charge in [0.05, 0.1) is 10.3 Å². The van der Waals surface area contributed by atoms with E-state index in [0.29, 0.717) is 10.0 Å². The number of carbonyl (C=O) groups excluding carboxylic acids is 1. The fourth-order valence-electron chi connectivity index (χ4n) is 2.30. The van der Waals surface area contributed by atoms with Gasteiger partial charge in [0.25, 0.3) is 0 Å². The van der Waals surface area contributed by atoms with E-state index in [1.807, 2.05) is 0 Å². The van der Waals surface area contributed by atoms with Crippen LogP contribution in [0.1, 0.15) is 19.4 Å². The fourth-order valence-corrected chi connectivity index (χ4v) is 3.76. The van der Waals surface area contributed by atoms with Crippen molar-refractivity contribution in [2.45, 2.75) is 24.2 Å². The number of amides is 1. The van der Waals surface area contributed by atoms with Crippen molar-refractivity contribution in [1.82, 2.24) is 10.0 Å². The van der Waals surface area contributed by atoms with Gasteiger partial charge in [-0.3, -0.25) is 4.79 Å². The number of sulfonamides is 1. The Morgan fingerprint density at radius 3 is 2.27 bits per heavy atom. The van der Waals surface area contributed by atoms with Crippen molar-refractivity contribution >= 4 is 39.1 Å². The lowest BCUT2D eigenvalue weighted by molar-refractivity contribution is -0.125.